The smallest absolute Gasteiger partial charge is 0.174 e. The minimum atomic E-state index is -0.798. The summed E-state index contributed by atoms with van der Waals surface area (Å²) in [4.78, 5) is 0. The molecule has 18 heavy (non-hydrogen) atoms. The van der Waals surface area contributed by atoms with Crippen LogP contribution in [0.1, 0.15) is 52.4 Å². The molecule has 3 nitrogen and oxygen atoms in total. The Morgan fingerprint density at radius 1 is 1.28 bits per heavy atom. The summed E-state index contributed by atoms with van der Waals surface area (Å²) < 4.78 is 5.01. The van der Waals surface area contributed by atoms with E-state index < -0.39 is 6.29 Å². The number of unbranched alkanes of at least 4 members (excludes halogenated alkanes) is 1. The molecule has 0 saturated carbocycles. The van der Waals surface area contributed by atoms with E-state index in [-0.39, 0.29) is 6.04 Å². The summed E-state index contributed by atoms with van der Waals surface area (Å²) in [5, 5.41) is 13.1. The van der Waals surface area contributed by atoms with Crippen LogP contribution < -0.4 is 5.32 Å². The van der Waals surface area contributed by atoms with Crippen molar-refractivity contribution in [1.82, 2.24) is 5.32 Å². The highest BCUT2D eigenvalue weighted by Crippen LogP contribution is 2.14. The average molecular weight is 255 g/mol. The first-order valence-electron chi connectivity index (χ1n) is 6.86. The normalized spacial score (nSPS) is 14.0. The number of nitrogens with one attached hydrogen (secondary N) is 1. The quantitative estimate of drug-likeness (QED) is 0.439. The molecule has 0 amide bonds. The maximum Gasteiger partial charge on any atom is 0.174 e. The van der Waals surface area contributed by atoms with Crippen molar-refractivity contribution in [2.24, 2.45) is 0 Å². The molecule has 0 saturated heterocycles. The van der Waals surface area contributed by atoms with Crippen LogP contribution in [0.5, 0.6) is 0 Å². The maximum atomic E-state index is 9.82. The third-order valence-corrected chi connectivity index (χ3v) is 3.12. The Labute approximate surface area is 112 Å². The van der Waals surface area contributed by atoms with Crippen molar-refractivity contribution in [3.63, 3.8) is 0 Å². The number of rotatable bonds is 11. The van der Waals surface area contributed by atoms with Gasteiger partial charge >= 0.3 is 0 Å². The monoisotopic (exact) mass is 255 g/mol. The molecule has 0 radical (unpaired) electrons. The standard InChI is InChI=1S/C15H29NO2/c1-6-8-9-13(4)16-14(15(17)18-5)11-10-12(3)7-2/h14-17H,3-4,6-11H2,1-2,5H3/t14-,15-/m1/s1. The Bertz CT molecular complexity index is 251. The highest BCUT2D eigenvalue weighted by Gasteiger charge is 2.18. The van der Waals surface area contributed by atoms with E-state index in [0.29, 0.717) is 0 Å². The number of hydrogen-bond acceptors (Lipinski definition) is 3. The first-order chi connectivity index (χ1) is 8.54. The van der Waals surface area contributed by atoms with Crippen molar-refractivity contribution in [2.45, 2.75) is 64.7 Å². The van der Waals surface area contributed by atoms with Gasteiger partial charge in [-0.1, -0.05) is 39.0 Å². The summed E-state index contributed by atoms with van der Waals surface area (Å²) in [6.45, 7) is 12.2. The lowest BCUT2D eigenvalue weighted by Gasteiger charge is -2.25. The molecule has 0 rings (SSSR count). The highest BCUT2D eigenvalue weighted by atomic mass is 16.6. The molecule has 0 aromatic rings. The minimum absolute atomic E-state index is 0.109. The zero-order chi connectivity index (χ0) is 14.0. The molecular weight excluding hydrogens is 226 g/mol. The molecule has 0 spiro atoms. The molecule has 0 aliphatic rings. The van der Waals surface area contributed by atoms with E-state index in [2.05, 4.69) is 32.3 Å². The van der Waals surface area contributed by atoms with Crippen LogP contribution >= 0.6 is 0 Å². The summed E-state index contributed by atoms with van der Waals surface area (Å²) in [6, 6.07) is -0.109. The van der Waals surface area contributed by atoms with Gasteiger partial charge in [-0.3, -0.25) is 0 Å². The molecular formula is C15H29NO2. The van der Waals surface area contributed by atoms with E-state index in [0.717, 1.165) is 44.2 Å². The molecule has 0 aromatic carbocycles. The van der Waals surface area contributed by atoms with Gasteiger partial charge in [0.15, 0.2) is 6.29 Å². The van der Waals surface area contributed by atoms with Crippen molar-refractivity contribution in [2.75, 3.05) is 7.11 Å². The van der Waals surface area contributed by atoms with Crippen LogP contribution in [0.15, 0.2) is 24.4 Å². The van der Waals surface area contributed by atoms with Gasteiger partial charge in [0, 0.05) is 12.8 Å². The summed E-state index contributed by atoms with van der Waals surface area (Å²) in [6.07, 6.45) is 5.09. The van der Waals surface area contributed by atoms with Crippen molar-refractivity contribution in [1.29, 1.82) is 0 Å². The van der Waals surface area contributed by atoms with E-state index in [4.69, 9.17) is 4.74 Å². The van der Waals surface area contributed by atoms with Gasteiger partial charge in [-0.25, -0.2) is 0 Å². The number of hydrogen-bond donors (Lipinski definition) is 2. The van der Waals surface area contributed by atoms with Crippen molar-refractivity contribution < 1.29 is 9.84 Å². The summed E-state index contributed by atoms with van der Waals surface area (Å²) in [5.41, 5.74) is 2.17. The van der Waals surface area contributed by atoms with E-state index in [9.17, 15) is 5.11 Å². The second-order valence-corrected chi connectivity index (χ2v) is 4.73. The lowest BCUT2D eigenvalue weighted by atomic mass is 10.0. The first-order valence-corrected chi connectivity index (χ1v) is 6.86. The Balaban J connectivity index is 4.22. The molecule has 0 heterocycles. The molecule has 0 unspecified atom stereocenters. The first kappa shape index (κ1) is 17.2. The van der Waals surface area contributed by atoms with Gasteiger partial charge in [0.05, 0.1) is 6.04 Å². The Morgan fingerprint density at radius 3 is 2.44 bits per heavy atom. The molecule has 0 aliphatic heterocycles. The second kappa shape index (κ2) is 10.2. The van der Waals surface area contributed by atoms with Crippen LogP contribution in [0, 0.1) is 0 Å². The lowest BCUT2D eigenvalue weighted by Crippen LogP contribution is -2.40. The number of allylic oxidation sites excluding steroid dienone is 2. The van der Waals surface area contributed by atoms with Gasteiger partial charge in [-0.15, -0.1) is 0 Å². The van der Waals surface area contributed by atoms with Gasteiger partial charge < -0.3 is 15.2 Å². The predicted molar refractivity (Wildman–Crippen MR) is 77.3 cm³/mol. The van der Waals surface area contributed by atoms with Gasteiger partial charge in [-0.05, 0) is 32.1 Å². The van der Waals surface area contributed by atoms with E-state index >= 15 is 0 Å². The maximum absolute atomic E-state index is 9.82. The molecule has 0 aliphatic carbocycles. The summed E-state index contributed by atoms with van der Waals surface area (Å²) in [5.74, 6) is 0. The number of aliphatic hydroxyl groups excluding tert-OH is 1. The van der Waals surface area contributed by atoms with Crippen molar-refractivity contribution >= 4 is 0 Å². The fraction of sp³-hybridized carbons (Fsp3) is 0.733. The fourth-order valence-electron chi connectivity index (χ4n) is 1.71. The molecule has 0 bridgehead atoms. The molecule has 2 atom stereocenters. The van der Waals surface area contributed by atoms with Gasteiger partial charge in [0.2, 0.25) is 0 Å². The zero-order valence-electron chi connectivity index (χ0n) is 12.2. The van der Waals surface area contributed by atoms with Gasteiger partial charge in [-0.2, -0.15) is 0 Å². The number of methoxy groups -OCH3 is 1. The summed E-state index contributed by atoms with van der Waals surface area (Å²) >= 11 is 0. The Hall–Kier alpha value is -0.800. The summed E-state index contributed by atoms with van der Waals surface area (Å²) in [7, 11) is 1.52. The van der Waals surface area contributed by atoms with Crippen LogP contribution in [-0.4, -0.2) is 24.5 Å². The van der Waals surface area contributed by atoms with Crippen LogP contribution in [0.2, 0.25) is 0 Å². The largest absolute Gasteiger partial charge is 0.381 e. The van der Waals surface area contributed by atoms with E-state index in [1.807, 2.05) is 0 Å². The molecule has 2 N–H and O–H groups in total. The molecule has 3 heteroatoms. The van der Waals surface area contributed by atoms with E-state index in [1.165, 1.54) is 12.7 Å². The van der Waals surface area contributed by atoms with Crippen LogP contribution in [0.4, 0.5) is 0 Å². The molecule has 106 valence electrons. The third-order valence-electron chi connectivity index (χ3n) is 3.12. The van der Waals surface area contributed by atoms with Crippen LogP contribution in [0.3, 0.4) is 0 Å². The predicted octanol–water partition coefficient (Wildman–Crippen LogP) is 3.36. The Kier molecular flexibility index (Phi) is 9.70. The second-order valence-electron chi connectivity index (χ2n) is 4.73. The van der Waals surface area contributed by atoms with Gasteiger partial charge in [0.1, 0.15) is 0 Å². The van der Waals surface area contributed by atoms with Crippen molar-refractivity contribution in [3.05, 3.63) is 24.4 Å². The molecule has 0 aromatic heterocycles. The third kappa shape index (κ3) is 7.51. The Morgan fingerprint density at radius 2 is 1.94 bits per heavy atom. The SMILES string of the molecule is C=C(CC)CC[C@@H](NC(=C)CCCC)[C@H](O)OC. The minimum Gasteiger partial charge on any atom is -0.381 e. The topological polar surface area (TPSA) is 41.5 Å². The zero-order valence-corrected chi connectivity index (χ0v) is 12.2. The number of ether oxygens (including phenoxy) is 1. The van der Waals surface area contributed by atoms with Crippen LogP contribution in [0.25, 0.3) is 0 Å². The van der Waals surface area contributed by atoms with Crippen LogP contribution in [-0.2, 0) is 4.74 Å². The molecule has 0 fully saturated rings. The average Bonchev–Trinajstić information content (AvgIpc) is 2.39. The number of aliphatic hydroxyl groups is 1. The van der Waals surface area contributed by atoms with Crippen molar-refractivity contribution in [3.8, 4) is 0 Å². The highest BCUT2D eigenvalue weighted by molar-refractivity contribution is 4.98. The lowest BCUT2D eigenvalue weighted by molar-refractivity contribution is -0.0965. The van der Waals surface area contributed by atoms with E-state index in [1.54, 1.807) is 0 Å². The van der Waals surface area contributed by atoms with Gasteiger partial charge in [0.25, 0.3) is 0 Å². The fourth-order valence-corrected chi connectivity index (χ4v) is 1.71.